The standard InChI is InChI=1S/C7H15NO7/c9-1-3(8-15)5(12)7(14)6(13)4(11)2-10/h3-7,9-14H,1-2H2. The van der Waals surface area contributed by atoms with Crippen LogP contribution in [-0.4, -0.2) is 74.3 Å². The van der Waals surface area contributed by atoms with Gasteiger partial charge in [-0.15, -0.1) is 0 Å². The second-order valence-electron chi connectivity index (χ2n) is 3.08. The average molecular weight is 225 g/mol. The van der Waals surface area contributed by atoms with Crippen LogP contribution in [-0.2, 0) is 0 Å². The smallest absolute Gasteiger partial charge is 0.143 e. The molecule has 0 fully saturated rings. The summed E-state index contributed by atoms with van der Waals surface area (Å²) in [5, 5.41) is 55.9. The van der Waals surface area contributed by atoms with Crippen molar-refractivity contribution in [3.63, 3.8) is 0 Å². The topological polar surface area (TPSA) is 151 Å². The summed E-state index contributed by atoms with van der Waals surface area (Å²) in [7, 11) is 0. The summed E-state index contributed by atoms with van der Waals surface area (Å²) in [6, 6.07) is -1.50. The molecule has 0 aromatic carbocycles. The lowest BCUT2D eigenvalue weighted by atomic mass is 9.99. The molecule has 0 aromatic rings. The molecule has 0 bridgehead atoms. The van der Waals surface area contributed by atoms with Crippen LogP contribution in [0, 0.1) is 4.91 Å². The Hall–Kier alpha value is -0.640. The quantitative estimate of drug-likeness (QED) is 0.246. The molecular weight excluding hydrogens is 210 g/mol. The van der Waals surface area contributed by atoms with E-state index in [9.17, 15) is 15.1 Å². The van der Waals surface area contributed by atoms with Crippen molar-refractivity contribution < 1.29 is 30.6 Å². The fourth-order valence-electron chi connectivity index (χ4n) is 0.969. The molecule has 0 amide bonds. The van der Waals surface area contributed by atoms with E-state index in [0.717, 1.165) is 0 Å². The molecule has 0 aliphatic heterocycles. The Kier molecular flexibility index (Phi) is 6.48. The van der Waals surface area contributed by atoms with Gasteiger partial charge in [0.1, 0.15) is 30.5 Å². The lowest BCUT2D eigenvalue weighted by molar-refractivity contribution is -0.121. The van der Waals surface area contributed by atoms with Crippen molar-refractivity contribution in [2.24, 2.45) is 5.18 Å². The van der Waals surface area contributed by atoms with Crippen LogP contribution in [0.1, 0.15) is 0 Å². The predicted molar refractivity (Wildman–Crippen MR) is 47.8 cm³/mol. The maximum atomic E-state index is 10.1. The monoisotopic (exact) mass is 225 g/mol. The number of rotatable bonds is 7. The predicted octanol–water partition coefficient (Wildman–Crippen LogP) is -3.45. The first-order valence-electron chi connectivity index (χ1n) is 4.26. The number of hydrogen-bond donors (Lipinski definition) is 6. The van der Waals surface area contributed by atoms with Gasteiger partial charge in [-0.1, -0.05) is 5.18 Å². The highest BCUT2D eigenvalue weighted by Gasteiger charge is 2.35. The van der Waals surface area contributed by atoms with Crippen LogP contribution in [0.4, 0.5) is 0 Å². The van der Waals surface area contributed by atoms with Gasteiger partial charge in [0.15, 0.2) is 0 Å². The summed E-state index contributed by atoms with van der Waals surface area (Å²) in [6.45, 7) is -1.62. The summed E-state index contributed by atoms with van der Waals surface area (Å²) in [6.07, 6.45) is -7.19. The fourth-order valence-corrected chi connectivity index (χ4v) is 0.969. The molecule has 8 heteroatoms. The summed E-state index contributed by atoms with van der Waals surface area (Å²) in [5.74, 6) is 0. The Morgan fingerprint density at radius 1 is 0.867 bits per heavy atom. The molecule has 0 spiro atoms. The third-order valence-electron chi connectivity index (χ3n) is 2.00. The van der Waals surface area contributed by atoms with E-state index < -0.39 is 43.7 Å². The van der Waals surface area contributed by atoms with E-state index >= 15 is 0 Å². The number of nitrogens with zero attached hydrogens (tertiary/aromatic N) is 1. The van der Waals surface area contributed by atoms with E-state index in [-0.39, 0.29) is 0 Å². The molecule has 0 aliphatic carbocycles. The first-order chi connectivity index (χ1) is 6.99. The van der Waals surface area contributed by atoms with E-state index in [1.165, 1.54) is 0 Å². The lowest BCUT2D eigenvalue weighted by Crippen LogP contribution is -2.50. The Balaban J connectivity index is 4.40. The first-order valence-corrected chi connectivity index (χ1v) is 4.26. The molecule has 5 unspecified atom stereocenters. The SMILES string of the molecule is O=NC(CO)C(O)C(O)C(O)C(O)CO. The van der Waals surface area contributed by atoms with E-state index in [0.29, 0.717) is 0 Å². The number of aliphatic hydroxyl groups excluding tert-OH is 6. The van der Waals surface area contributed by atoms with Crippen molar-refractivity contribution in [2.45, 2.75) is 30.5 Å². The zero-order valence-corrected chi connectivity index (χ0v) is 7.84. The van der Waals surface area contributed by atoms with Crippen LogP contribution in [0.5, 0.6) is 0 Å². The highest BCUT2D eigenvalue weighted by atomic mass is 16.4. The van der Waals surface area contributed by atoms with Crippen LogP contribution in [0.15, 0.2) is 5.18 Å². The molecule has 6 N–H and O–H groups in total. The molecular formula is C7H15NO7. The normalized spacial score (nSPS) is 21.5. The molecule has 0 saturated carbocycles. The molecule has 8 nitrogen and oxygen atoms in total. The first kappa shape index (κ1) is 14.4. The third-order valence-corrected chi connectivity index (χ3v) is 2.00. The molecule has 5 atom stereocenters. The van der Waals surface area contributed by atoms with E-state index in [1.807, 2.05) is 0 Å². The van der Waals surface area contributed by atoms with Crippen molar-refractivity contribution in [3.05, 3.63) is 4.91 Å². The maximum Gasteiger partial charge on any atom is 0.143 e. The van der Waals surface area contributed by atoms with E-state index in [2.05, 4.69) is 5.18 Å². The van der Waals surface area contributed by atoms with Gasteiger partial charge in [0.25, 0.3) is 0 Å². The molecule has 0 aliphatic rings. The minimum absolute atomic E-state index is 0.802. The largest absolute Gasteiger partial charge is 0.394 e. The van der Waals surface area contributed by atoms with Gasteiger partial charge in [-0.2, -0.15) is 4.91 Å². The minimum atomic E-state index is -1.89. The van der Waals surface area contributed by atoms with Gasteiger partial charge in [0.2, 0.25) is 0 Å². The summed E-state index contributed by atoms with van der Waals surface area (Å²) in [4.78, 5) is 10.1. The summed E-state index contributed by atoms with van der Waals surface area (Å²) in [5.41, 5.74) is 0. The highest BCUT2D eigenvalue weighted by Crippen LogP contribution is 2.10. The average Bonchev–Trinajstić information content (AvgIpc) is 2.27. The Bertz CT molecular complexity index is 190. The summed E-state index contributed by atoms with van der Waals surface area (Å²) >= 11 is 0. The molecule has 90 valence electrons. The van der Waals surface area contributed by atoms with Crippen molar-refractivity contribution >= 4 is 0 Å². The highest BCUT2D eigenvalue weighted by molar-refractivity contribution is 4.87. The van der Waals surface area contributed by atoms with Gasteiger partial charge >= 0.3 is 0 Å². The van der Waals surface area contributed by atoms with Gasteiger partial charge in [-0.3, -0.25) is 0 Å². The number of aliphatic hydroxyl groups is 6. The Morgan fingerprint density at radius 2 is 1.40 bits per heavy atom. The van der Waals surface area contributed by atoms with Crippen molar-refractivity contribution in [3.8, 4) is 0 Å². The van der Waals surface area contributed by atoms with Crippen molar-refractivity contribution in [1.29, 1.82) is 0 Å². The third kappa shape index (κ3) is 3.78. The molecule has 0 aromatic heterocycles. The van der Waals surface area contributed by atoms with Crippen LogP contribution in [0.2, 0.25) is 0 Å². The summed E-state index contributed by atoms with van der Waals surface area (Å²) < 4.78 is 0. The number of nitroso groups, excluding NO2 is 1. The van der Waals surface area contributed by atoms with Crippen LogP contribution in [0.3, 0.4) is 0 Å². The Labute approximate surface area is 85.4 Å². The van der Waals surface area contributed by atoms with Crippen molar-refractivity contribution in [1.82, 2.24) is 0 Å². The molecule has 15 heavy (non-hydrogen) atoms. The van der Waals surface area contributed by atoms with Crippen LogP contribution >= 0.6 is 0 Å². The molecule has 0 rings (SSSR count). The van der Waals surface area contributed by atoms with Gasteiger partial charge in [-0.25, -0.2) is 0 Å². The molecule has 0 saturated heterocycles. The molecule has 0 heterocycles. The van der Waals surface area contributed by atoms with E-state index in [4.69, 9.17) is 20.4 Å². The van der Waals surface area contributed by atoms with E-state index in [1.54, 1.807) is 0 Å². The number of hydrogen-bond acceptors (Lipinski definition) is 8. The zero-order valence-electron chi connectivity index (χ0n) is 7.84. The molecule has 0 radical (unpaired) electrons. The fraction of sp³-hybridized carbons (Fsp3) is 1.00. The van der Waals surface area contributed by atoms with Crippen LogP contribution in [0.25, 0.3) is 0 Å². The Morgan fingerprint density at radius 3 is 1.73 bits per heavy atom. The second-order valence-corrected chi connectivity index (χ2v) is 3.08. The van der Waals surface area contributed by atoms with Gasteiger partial charge in [0.05, 0.1) is 13.2 Å². The lowest BCUT2D eigenvalue weighted by Gasteiger charge is -2.27. The van der Waals surface area contributed by atoms with Gasteiger partial charge in [0, 0.05) is 0 Å². The van der Waals surface area contributed by atoms with Crippen LogP contribution < -0.4 is 0 Å². The minimum Gasteiger partial charge on any atom is -0.394 e. The maximum absolute atomic E-state index is 10.1. The van der Waals surface area contributed by atoms with Gasteiger partial charge < -0.3 is 30.6 Å². The second kappa shape index (κ2) is 6.77. The van der Waals surface area contributed by atoms with Crippen molar-refractivity contribution in [2.75, 3.05) is 13.2 Å². The zero-order chi connectivity index (χ0) is 12.0. The van der Waals surface area contributed by atoms with Gasteiger partial charge in [-0.05, 0) is 0 Å².